The molecule has 0 unspecified atom stereocenters. The number of aromatic hydroxyl groups is 1. The largest absolute Gasteiger partial charge is 0.508 e. The van der Waals surface area contributed by atoms with Gasteiger partial charge in [0, 0.05) is 92.4 Å². The van der Waals surface area contributed by atoms with Crippen LogP contribution < -0.4 is 9.47 Å². The lowest BCUT2D eigenvalue weighted by Gasteiger charge is -2.23. The first-order valence-electron chi connectivity index (χ1n) is 52.3. The Morgan fingerprint density at radius 3 is 0.416 bits per heavy atom. The fourth-order valence-electron chi connectivity index (χ4n) is 13.7. The van der Waals surface area contributed by atoms with Crippen molar-refractivity contribution in [1.82, 2.24) is 0 Å². The average Bonchev–Trinajstić information content (AvgIpc) is 0.794. The molecule has 149 heavy (non-hydrogen) atoms. The smallest absolute Gasteiger partial charge is 0.119 e. The summed E-state index contributed by atoms with van der Waals surface area (Å²) in [6, 6.07) is 38.6. The second-order valence-corrected chi connectivity index (χ2v) is 34.3. The second kappa shape index (κ2) is 100. The molecule has 0 spiro atoms. The third kappa shape index (κ3) is 75.5. The zero-order chi connectivity index (χ0) is 106. The molecule has 0 heterocycles. The number of rotatable bonds is 114. The molecule has 0 amide bonds. The number of benzene rings is 5. The molecule has 1 N–H and O–H groups in total. The van der Waals surface area contributed by atoms with Crippen molar-refractivity contribution in [3.05, 3.63) is 115 Å². The normalized spacial score (nSPS) is 11.9. The molecule has 0 aliphatic heterocycles. The van der Waals surface area contributed by atoms with Gasteiger partial charge in [-0.15, -0.1) is 0 Å². The molecule has 0 aliphatic rings. The topological polar surface area (TPSA) is 371 Å². The van der Waals surface area contributed by atoms with Crippen molar-refractivity contribution >= 4 is 0 Å². The van der Waals surface area contributed by atoms with E-state index in [0.29, 0.717) is 408 Å². The van der Waals surface area contributed by atoms with E-state index in [9.17, 15) is 5.11 Å². The Kier molecular flexibility index (Phi) is 89.7. The number of hydrogen-bond acceptors (Lipinski definition) is 39. The van der Waals surface area contributed by atoms with Crippen molar-refractivity contribution in [3.63, 3.8) is 0 Å². The van der Waals surface area contributed by atoms with E-state index < -0.39 is 0 Å². The summed E-state index contributed by atoms with van der Waals surface area (Å²) in [5, 5.41) is 10.2. The highest BCUT2D eigenvalue weighted by Gasteiger charge is 2.23. The summed E-state index contributed by atoms with van der Waals surface area (Å²) in [4.78, 5) is 0. The van der Waals surface area contributed by atoms with Gasteiger partial charge in [-0.3, -0.25) is 0 Å². The van der Waals surface area contributed by atoms with Crippen molar-refractivity contribution < 1.29 is 185 Å². The highest BCUT2D eigenvalue weighted by Crippen LogP contribution is 2.36. The van der Waals surface area contributed by atoms with Crippen LogP contribution in [-0.4, -0.2) is 498 Å². The van der Waals surface area contributed by atoms with E-state index in [1.807, 2.05) is 36.4 Å². The number of methoxy groups -OCH3 is 8. The van der Waals surface area contributed by atoms with Gasteiger partial charge >= 0.3 is 0 Å². The Labute approximate surface area is 886 Å². The average molecular weight is 2130 g/mol. The Hall–Kier alpha value is -5.94. The lowest BCUT2D eigenvalue weighted by atomic mass is 9.92. The summed E-state index contributed by atoms with van der Waals surface area (Å²) in [6.45, 7) is 26.9. The van der Waals surface area contributed by atoms with E-state index in [1.165, 1.54) is 0 Å². The first kappa shape index (κ1) is 133. The van der Waals surface area contributed by atoms with Gasteiger partial charge in [0.1, 0.15) is 17.2 Å². The minimum absolute atomic E-state index is 0.143. The van der Waals surface area contributed by atoms with E-state index in [0.717, 1.165) is 44.5 Å². The number of ether oxygens (including phenoxy) is 38. The predicted molar refractivity (Wildman–Crippen MR) is 560 cm³/mol. The fraction of sp³-hybridized carbons (Fsp3) is 0.727. The summed E-state index contributed by atoms with van der Waals surface area (Å²) in [5.41, 5.74) is 7.86. The van der Waals surface area contributed by atoms with Crippen molar-refractivity contribution in [3.8, 4) is 61.8 Å². The Morgan fingerprint density at radius 1 is 0.134 bits per heavy atom. The van der Waals surface area contributed by atoms with Gasteiger partial charge < -0.3 is 185 Å². The van der Waals surface area contributed by atoms with E-state index in [-0.39, 0.29) is 80.9 Å². The lowest BCUT2D eigenvalue weighted by molar-refractivity contribution is -0.0570. The Balaban J connectivity index is 1.43. The molecular weight excluding hydrogens is 1950 g/mol. The molecule has 0 aliphatic carbocycles. The number of hydrogen-bond donors (Lipinski definition) is 1. The van der Waals surface area contributed by atoms with Crippen LogP contribution in [0.5, 0.6) is 17.2 Å². The van der Waals surface area contributed by atoms with Gasteiger partial charge in [0.05, 0.1) is 436 Å². The SMILES string of the molecule is COCCOCCOCCOCC(COCCOCCOCCOC)COCC(COCC(COCCOCCOCCOC)COCCOCCOCCOC)COc1ccc(-c2cc(-c3ccc(OCC(COCC(COCCOCCOCCOC)COCCOCCOCCOC)COCC(COCCOCCOCCOC)COCCOCCOCCOC)cc3)cc(-c3ccc(-c4ccc(O)cc4)cc3)c2)cc1. The van der Waals surface area contributed by atoms with Crippen LogP contribution in [0.1, 0.15) is 0 Å². The molecule has 5 aromatic carbocycles. The van der Waals surface area contributed by atoms with Gasteiger partial charge in [0.25, 0.3) is 0 Å². The quantitative estimate of drug-likeness (QED) is 0.0353. The van der Waals surface area contributed by atoms with Gasteiger partial charge in [0.15, 0.2) is 0 Å². The molecule has 0 aromatic heterocycles. The molecule has 0 saturated carbocycles. The van der Waals surface area contributed by atoms with E-state index in [4.69, 9.17) is 180 Å². The van der Waals surface area contributed by atoms with E-state index in [1.54, 1.807) is 69.0 Å². The fourth-order valence-corrected chi connectivity index (χ4v) is 13.7. The highest BCUT2D eigenvalue weighted by atomic mass is 16.6. The van der Waals surface area contributed by atoms with Crippen molar-refractivity contribution in [2.24, 2.45) is 35.5 Å². The summed E-state index contributed by atoms with van der Waals surface area (Å²) in [6.07, 6.45) is 0. The van der Waals surface area contributed by atoms with Crippen LogP contribution in [0.25, 0.3) is 44.5 Å². The molecule has 0 atom stereocenters. The van der Waals surface area contributed by atoms with Crippen molar-refractivity contribution in [2.75, 3.05) is 493 Å². The zero-order valence-electron chi connectivity index (χ0n) is 90.6. The number of phenolic OH excluding ortho intramolecular Hbond substituents is 1. The van der Waals surface area contributed by atoms with Gasteiger partial charge in [-0.2, -0.15) is 0 Å². The molecule has 39 heteroatoms. The van der Waals surface area contributed by atoms with Gasteiger partial charge in [-0.05, 0) is 99.1 Å². The third-order valence-corrected chi connectivity index (χ3v) is 21.8. The van der Waals surface area contributed by atoms with E-state index >= 15 is 0 Å². The summed E-state index contributed by atoms with van der Waals surface area (Å²) >= 11 is 0. The van der Waals surface area contributed by atoms with E-state index in [2.05, 4.69) is 66.7 Å². The van der Waals surface area contributed by atoms with Crippen LogP contribution in [-0.2, 0) is 171 Å². The monoisotopic (exact) mass is 2130 g/mol. The van der Waals surface area contributed by atoms with Crippen molar-refractivity contribution in [1.29, 1.82) is 0 Å². The van der Waals surface area contributed by atoms with Crippen LogP contribution in [0.2, 0.25) is 0 Å². The van der Waals surface area contributed by atoms with Crippen molar-refractivity contribution in [2.45, 2.75) is 0 Å². The molecule has 0 radical (unpaired) electrons. The molecular formula is C110H182O39. The maximum absolute atomic E-state index is 10.2. The maximum atomic E-state index is 10.2. The van der Waals surface area contributed by atoms with Crippen LogP contribution in [0.3, 0.4) is 0 Å². The molecule has 5 rings (SSSR count). The summed E-state index contributed by atoms with van der Waals surface area (Å²) < 4.78 is 221. The highest BCUT2D eigenvalue weighted by molar-refractivity contribution is 5.82. The summed E-state index contributed by atoms with van der Waals surface area (Å²) in [7, 11) is 13.1. The lowest BCUT2D eigenvalue weighted by Crippen LogP contribution is -2.30. The van der Waals surface area contributed by atoms with Crippen LogP contribution >= 0.6 is 0 Å². The first-order chi connectivity index (χ1) is 73.7. The Morgan fingerprint density at radius 2 is 0.255 bits per heavy atom. The van der Waals surface area contributed by atoms with Crippen LogP contribution in [0, 0.1) is 35.5 Å². The molecule has 5 aromatic rings. The van der Waals surface area contributed by atoms with Gasteiger partial charge in [-0.1, -0.05) is 60.7 Å². The number of phenols is 1. The zero-order valence-corrected chi connectivity index (χ0v) is 90.6. The maximum Gasteiger partial charge on any atom is 0.119 e. The second-order valence-electron chi connectivity index (χ2n) is 34.3. The first-order valence-corrected chi connectivity index (χ1v) is 52.3. The minimum Gasteiger partial charge on any atom is -0.508 e. The third-order valence-electron chi connectivity index (χ3n) is 21.8. The molecule has 39 nitrogen and oxygen atoms in total. The van der Waals surface area contributed by atoms with Crippen LogP contribution in [0.15, 0.2) is 115 Å². The standard InChI is InChI=1S/C110H182O39/c1-112-25-33-120-41-49-128-57-65-136-76-94(77-137-66-58-129-50-42-121-34-26-113-2)84-144-88-98(89-145-85-95(78-138-67-59-130-51-43-122-35-27-114-3)79-139-68-60-131-52-44-123-36-28-115-4)92-148-109-21-15-103(16-22-109)106-73-105(102-11-9-100(10-12-102)101-13-19-108(111)20-14-101)74-107(75-106)104-17-23-110(24-18-104)149-93-99(90-146-86-96(80-140-69-61-132-53-45-124-37-29-116-5)81-141-70-62-133-54-46-125-38-30-117-6)91-147-87-97(82-142-71-63-134-55-47-126-39-31-118-7)83-143-72-64-135-56-48-127-40-32-119-8/h9-24,73-75,94-99,111H,25-72,76-93H2,1-8H3. The molecule has 0 fully saturated rings. The van der Waals surface area contributed by atoms with Gasteiger partial charge in [0.2, 0.25) is 0 Å². The summed E-state index contributed by atoms with van der Waals surface area (Å²) in [5.74, 6) is 0.439. The van der Waals surface area contributed by atoms with Crippen LogP contribution in [0.4, 0.5) is 0 Å². The Bertz CT molecular complexity index is 3250. The molecule has 0 saturated heterocycles. The molecule has 0 bridgehead atoms. The van der Waals surface area contributed by atoms with Gasteiger partial charge in [-0.25, -0.2) is 0 Å². The molecule has 856 valence electrons. The predicted octanol–water partition coefficient (Wildman–Crippen LogP) is 10.2. The minimum atomic E-state index is -0.248.